The number of rotatable bonds is 6. The van der Waals surface area contributed by atoms with Crippen LogP contribution >= 0.6 is 0 Å². The monoisotopic (exact) mass is 302 g/mol. The molecule has 6 nitrogen and oxygen atoms in total. The minimum absolute atomic E-state index is 0.0448. The standard InChI is InChI=1S/C16H22N4O2/c1-3-16(2,9-12-21)19-15(22)18-13-5-7-14(8-6-13)20-11-4-10-17-20/h4-8,10-11,21H,3,9,12H2,1-2H3,(H2,18,19,22). The lowest BCUT2D eigenvalue weighted by Gasteiger charge is -2.29. The number of anilines is 1. The van der Waals surface area contributed by atoms with Crippen molar-refractivity contribution in [3.05, 3.63) is 42.7 Å². The molecule has 2 rings (SSSR count). The van der Waals surface area contributed by atoms with E-state index in [2.05, 4.69) is 15.7 Å². The molecule has 118 valence electrons. The third kappa shape index (κ3) is 4.08. The zero-order chi connectivity index (χ0) is 16.0. The van der Waals surface area contributed by atoms with Crippen LogP contribution in [0.2, 0.25) is 0 Å². The number of hydrogen-bond acceptors (Lipinski definition) is 3. The van der Waals surface area contributed by atoms with E-state index in [4.69, 9.17) is 5.11 Å². The summed E-state index contributed by atoms with van der Waals surface area (Å²) in [6.07, 6.45) is 4.84. The Labute approximate surface area is 130 Å². The predicted molar refractivity (Wildman–Crippen MR) is 86.1 cm³/mol. The first-order valence-corrected chi connectivity index (χ1v) is 7.36. The van der Waals surface area contributed by atoms with E-state index >= 15 is 0 Å². The van der Waals surface area contributed by atoms with E-state index in [0.717, 1.165) is 12.1 Å². The fraction of sp³-hybridized carbons (Fsp3) is 0.375. The van der Waals surface area contributed by atoms with Crippen LogP contribution in [0.15, 0.2) is 42.7 Å². The highest BCUT2D eigenvalue weighted by atomic mass is 16.3. The van der Waals surface area contributed by atoms with Crippen LogP contribution in [0.1, 0.15) is 26.7 Å². The van der Waals surface area contributed by atoms with Crippen molar-refractivity contribution < 1.29 is 9.90 Å². The number of nitrogens with one attached hydrogen (secondary N) is 2. The van der Waals surface area contributed by atoms with Crippen LogP contribution in [-0.2, 0) is 0 Å². The summed E-state index contributed by atoms with van der Waals surface area (Å²) in [5, 5.41) is 18.9. The number of hydrogen-bond donors (Lipinski definition) is 3. The van der Waals surface area contributed by atoms with Gasteiger partial charge in [0, 0.05) is 30.2 Å². The maximum atomic E-state index is 12.1. The maximum Gasteiger partial charge on any atom is 0.319 e. The first kappa shape index (κ1) is 16.0. The number of urea groups is 1. The van der Waals surface area contributed by atoms with Crippen LogP contribution in [0.5, 0.6) is 0 Å². The van der Waals surface area contributed by atoms with Gasteiger partial charge in [-0.15, -0.1) is 0 Å². The molecule has 0 aliphatic heterocycles. The van der Waals surface area contributed by atoms with E-state index in [0.29, 0.717) is 12.1 Å². The van der Waals surface area contributed by atoms with E-state index in [9.17, 15) is 4.79 Å². The molecule has 1 aromatic heterocycles. The molecule has 0 fully saturated rings. The van der Waals surface area contributed by atoms with Crippen LogP contribution in [0.25, 0.3) is 5.69 Å². The van der Waals surface area contributed by atoms with Crippen LogP contribution in [0.4, 0.5) is 10.5 Å². The number of aliphatic hydroxyl groups is 1. The van der Waals surface area contributed by atoms with Gasteiger partial charge in [0.2, 0.25) is 0 Å². The Hall–Kier alpha value is -2.34. The van der Waals surface area contributed by atoms with E-state index in [-0.39, 0.29) is 12.6 Å². The van der Waals surface area contributed by atoms with E-state index in [1.54, 1.807) is 10.9 Å². The highest BCUT2D eigenvalue weighted by molar-refractivity contribution is 5.89. The molecule has 0 saturated carbocycles. The molecule has 0 aliphatic rings. The summed E-state index contributed by atoms with van der Waals surface area (Å²) in [7, 11) is 0. The Balaban J connectivity index is 1.97. The Kier molecular flexibility index (Phi) is 5.16. The summed E-state index contributed by atoms with van der Waals surface area (Å²) in [4.78, 5) is 12.1. The second-order valence-electron chi connectivity index (χ2n) is 5.46. The summed E-state index contributed by atoms with van der Waals surface area (Å²) in [6.45, 7) is 3.95. The molecule has 1 unspecified atom stereocenters. The predicted octanol–water partition coefficient (Wildman–Crippen LogP) is 2.54. The van der Waals surface area contributed by atoms with Crippen molar-refractivity contribution in [3.8, 4) is 5.69 Å². The number of carbonyl (C=O) groups excluding carboxylic acids is 1. The first-order valence-electron chi connectivity index (χ1n) is 7.36. The number of nitrogens with zero attached hydrogens (tertiary/aromatic N) is 2. The van der Waals surface area contributed by atoms with Gasteiger partial charge in [-0.3, -0.25) is 0 Å². The molecule has 0 aliphatic carbocycles. The van der Waals surface area contributed by atoms with Crippen molar-refractivity contribution in [1.29, 1.82) is 0 Å². The molecule has 2 amide bonds. The largest absolute Gasteiger partial charge is 0.396 e. The first-order chi connectivity index (χ1) is 10.6. The van der Waals surface area contributed by atoms with Crippen molar-refractivity contribution >= 4 is 11.7 Å². The third-order valence-corrected chi connectivity index (χ3v) is 3.75. The summed E-state index contributed by atoms with van der Waals surface area (Å²) < 4.78 is 1.75. The molecule has 6 heteroatoms. The van der Waals surface area contributed by atoms with Gasteiger partial charge in [0.1, 0.15) is 0 Å². The summed E-state index contributed by atoms with van der Waals surface area (Å²) in [5.74, 6) is 0. The molecule has 1 atom stereocenters. The third-order valence-electron chi connectivity index (χ3n) is 3.75. The molecular formula is C16H22N4O2. The van der Waals surface area contributed by atoms with E-state index in [1.807, 2.05) is 50.4 Å². The van der Waals surface area contributed by atoms with E-state index < -0.39 is 5.54 Å². The minimum atomic E-state index is -0.409. The molecule has 0 radical (unpaired) electrons. The van der Waals surface area contributed by atoms with Gasteiger partial charge >= 0.3 is 6.03 Å². The average Bonchev–Trinajstić information content (AvgIpc) is 3.02. The van der Waals surface area contributed by atoms with Gasteiger partial charge in [-0.05, 0) is 50.1 Å². The highest BCUT2D eigenvalue weighted by Gasteiger charge is 2.23. The van der Waals surface area contributed by atoms with Gasteiger partial charge in [-0.2, -0.15) is 5.10 Å². The van der Waals surface area contributed by atoms with Gasteiger partial charge in [0.15, 0.2) is 0 Å². The second-order valence-corrected chi connectivity index (χ2v) is 5.46. The van der Waals surface area contributed by atoms with Crippen LogP contribution < -0.4 is 10.6 Å². The molecule has 1 aromatic carbocycles. The smallest absolute Gasteiger partial charge is 0.319 e. The fourth-order valence-electron chi connectivity index (χ4n) is 2.13. The van der Waals surface area contributed by atoms with Crippen molar-refractivity contribution in [2.75, 3.05) is 11.9 Å². The Morgan fingerprint density at radius 3 is 2.64 bits per heavy atom. The van der Waals surface area contributed by atoms with Gasteiger partial charge in [-0.1, -0.05) is 6.92 Å². The van der Waals surface area contributed by atoms with Crippen molar-refractivity contribution in [1.82, 2.24) is 15.1 Å². The second kappa shape index (κ2) is 7.09. The van der Waals surface area contributed by atoms with Gasteiger partial charge < -0.3 is 15.7 Å². The molecule has 3 N–H and O–H groups in total. The number of amides is 2. The summed E-state index contributed by atoms with van der Waals surface area (Å²) in [5.41, 5.74) is 1.22. The average molecular weight is 302 g/mol. The van der Waals surface area contributed by atoms with Gasteiger partial charge in [-0.25, -0.2) is 9.48 Å². The normalized spacial score (nSPS) is 13.4. The van der Waals surface area contributed by atoms with Crippen LogP contribution in [0, 0.1) is 0 Å². The van der Waals surface area contributed by atoms with Gasteiger partial charge in [0.05, 0.1) is 5.69 Å². The Morgan fingerprint density at radius 2 is 2.09 bits per heavy atom. The Bertz CT molecular complexity index is 595. The molecule has 22 heavy (non-hydrogen) atoms. The molecule has 2 aromatic rings. The van der Waals surface area contributed by atoms with Crippen LogP contribution in [-0.4, -0.2) is 33.1 Å². The quantitative estimate of drug-likeness (QED) is 0.767. The maximum absolute atomic E-state index is 12.1. The van der Waals surface area contributed by atoms with Crippen molar-refractivity contribution in [3.63, 3.8) is 0 Å². The van der Waals surface area contributed by atoms with Crippen molar-refractivity contribution in [2.45, 2.75) is 32.2 Å². The number of carbonyl (C=O) groups is 1. The Morgan fingerprint density at radius 1 is 1.36 bits per heavy atom. The SMILES string of the molecule is CCC(C)(CCO)NC(=O)Nc1ccc(-n2cccn2)cc1. The zero-order valence-electron chi connectivity index (χ0n) is 12.9. The molecular weight excluding hydrogens is 280 g/mol. The zero-order valence-corrected chi connectivity index (χ0v) is 12.9. The highest BCUT2D eigenvalue weighted by Crippen LogP contribution is 2.15. The minimum Gasteiger partial charge on any atom is -0.396 e. The van der Waals surface area contributed by atoms with E-state index in [1.165, 1.54) is 0 Å². The molecule has 1 heterocycles. The molecule has 0 saturated heterocycles. The number of aliphatic hydroxyl groups excluding tert-OH is 1. The summed E-state index contributed by atoms with van der Waals surface area (Å²) >= 11 is 0. The summed E-state index contributed by atoms with van der Waals surface area (Å²) in [6, 6.07) is 9.00. The lowest BCUT2D eigenvalue weighted by molar-refractivity contribution is 0.208. The number of benzene rings is 1. The molecule has 0 bridgehead atoms. The topological polar surface area (TPSA) is 79.2 Å². The van der Waals surface area contributed by atoms with Gasteiger partial charge in [0.25, 0.3) is 0 Å². The lowest BCUT2D eigenvalue weighted by atomic mass is 9.95. The number of aromatic nitrogens is 2. The fourth-order valence-corrected chi connectivity index (χ4v) is 2.13. The van der Waals surface area contributed by atoms with Crippen molar-refractivity contribution in [2.24, 2.45) is 0 Å². The lowest BCUT2D eigenvalue weighted by Crippen LogP contribution is -2.48. The van der Waals surface area contributed by atoms with Crippen LogP contribution in [0.3, 0.4) is 0 Å². The molecule has 0 spiro atoms.